The van der Waals surface area contributed by atoms with Crippen molar-refractivity contribution in [1.29, 1.82) is 0 Å². The van der Waals surface area contributed by atoms with Crippen molar-refractivity contribution in [2.45, 2.75) is 411 Å². The molecule has 18 heteroatoms. The third-order valence-corrected chi connectivity index (χ3v) is 21.6. The van der Waals surface area contributed by atoms with Crippen LogP contribution >= 0.6 is 15.6 Å². The number of esters is 3. The predicted octanol–water partition coefficient (Wildman–Crippen LogP) is 28.9. The minimum absolute atomic E-state index is 0.0939. The maximum Gasteiger partial charge on any atom is 0.472 e. The lowest BCUT2D eigenvalue weighted by Gasteiger charge is -2.21. The lowest BCUT2D eigenvalue weighted by Crippen LogP contribution is -2.30. The zero-order valence-corrected chi connectivity index (χ0v) is 75.9. The average Bonchev–Trinajstić information content (AvgIpc) is 0.920. The minimum atomic E-state index is -4.93. The molecule has 0 saturated carbocycles. The lowest BCUT2D eigenvalue weighted by molar-refractivity contribution is -0.161. The quantitative estimate of drug-likeness (QED) is 0.0146. The van der Waals surface area contributed by atoms with Crippen LogP contribution in [0.5, 0.6) is 0 Å². The molecule has 0 aromatic carbocycles. The Morgan fingerprint density at radius 2 is 0.453 bits per heavy atom. The van der Waals surface area contributed by atoms with E-state index in [0.29, 0.717) is 19.3 Å². The topological polar surface area (TPSA) is 231 Å². The molecule has 5 atom stereocenters. The van der Waals surface area contributed by atoms with Gasteiger partial charge >= 0.3 is 33.6 Å². The smallest absolute Gasteiger partial charge is 0.463 e. The fourth-order valence-corrected chi connectivity index (χ4v) is 14.3. The van der Waals surface area contributed by atoms with E-state index in [9.17, 15) is 43.5 Å². The summed E-state index contributed by atoms with van der Waals surface area (Å²) in [6.45, 7) is 2.44. The number of phosphoric acid groups is 2. The Labute approximate surface area is 714 Å². The summed E-state index contributed by atoms with van der Waals surface area (Å²) in [5, 5.41) is 20.7. The third-order valence-electron chi connectivity index (χ3n) is 19.7. The minimum Gasteiger partial charge on any atom is -0.463 e. The number of carbonyl (C=O) groups excluding carboxylic acids is 3. The standard InChI is InChI=1S/C99H170O16P2/c1-4-7-10-13-16-19-22-24-26-28-30-32-34-36-38-40-42-44-46-48-50-52-54-56-58-60-62-64-66-68-71-73-76-79-82-85-97(102)109-88-94(100)89-111-116(105,106)112-90-95(101)91-113-117(107,108)114-93-96(115-99(104)87-84-81-78-75-70-21-18-15-12-9-6-3)92-110-98(103)86-83-80-77-74-72-69-67-65-63-61-59-57-55-53-51-49-47-45-43-41-39-37-35-33-31-29-27-25-23-20-17-14-11-8-5-2/h7-8,10-11,15-20,24-27,30-33,36-39,42-45,94-96,100-101H,4-6,9,12-14,21-23,28-29,34-35,40-41,46-93H2,1-3H3,(H,105,106)(H,107,108)/b10-7-,11-8-,18-15-,19-16-,20-17-,26-24-,27-25-,32-30-,33-31-,38-36-,39-37-,44-42-,45-43-. The Morgan fingerprint density at radius 1 is 0.248 bits per heavy atom. The molecule has 0 spiro atoms. The molecule has 0 bridgehead atoms. The zero-order valence-electron chi connectivity index (χ0n) is 74.1. The van der Waals surface area contributed by atoms with E-state index in [2.05, 4.69) is 179 Å². The molecule has 0 heterocycles. The van der Waals surface area contributed by atoms with E-state index in [1.807, 2.05) is 0 Å². The average molecular weight is 1680 g/mol. The van der Waals surface area contributed by atoms with Gasteiger partial charge in [0, 0.05) is 19.3 Å². The highest BCUT2D eigenvalue weighted by atomic mass is 31.2. The first kappa shape index (κ1) is 112. The second-order valence-corrected chi connectivity index (χ2v) is 34.0. The monoisotopic (exact) mass is 1680 g/mol. The first-order valence-electron chi connectivity index (χ1n) is 46.8. The number of aliphatic hydroxyl groups excluding tert-OH is 2. The van der Waals surface area contributed by atoms with Crippen molar-refractivity contribution in [3.8, 4) is 0 Å². The van der Waals surface area contributed by atoms with Crippen LogP contribution < -0.4 is 0 Å². The summed E-state index contributed by atoms with van der Waals surface area (Å²) in [6, 6.07) is 0. The summed E-state index contributed by atoms with van der Waals surface area (Å²) in [6.07, 6.45) is 116. The van der Waals surface area contributed by atoms with Crippen LogP contribution in [0.3, 0.4) is 0 Å². The zero-order chi connectivity index (χ0) is 85.1. The molecule has 0 aromatic heterocycles. The van der Waals surface area contributed by atoms with E-state index in [1.54, 1.807) is 0 Å². The second kappa shape index (κ2) is 90.4. The fourth-order valence-electron chi connectivity index (χ4n) is 12.7. The second-order valence-electron chi connectivity index (χ2n) is 31.0. The first-order valence-corrected chi connectivity index (χ1v) is 49.8. The fraction of sp³-hybridized carbons (Fsp3) is 0.707. The van der Waals surface area contributed by atoms with Gasteiger partial charge in [-0.1, -0.05) is 391 Å². The van der Waals surface area contributed by atoms with Gasteiger partial charge in [0.25, 0.3) is 0 Å². The van der Waals surface area contributed by atoms with E-state index in [4.69, 9.17) is 32.3 Å². The van der Waals surface area contributed by atoms with Gasteiger partial charge in [0.05, 0.1) is 26.4 Å². The van der Waals surface area contributed by atoms with Crippen LogP contribution in [0.25, 0.3) is 0 Å². The molecule has 0 saturated heterocycles. The Bertz CT molecular complexity index is 2760. The van der Waals surface area contributed by atoms with Crippen molar-refractivity contribution in [3.05, 3.63) is 158 Å². The largest absolute Gasteiger partial charge is 0.472 e. The van der Waals surface area contributed by atoms with Crippen molar-refractivity contribution in [2.75, 3.05) is 39.6 Å². The van der Waals surface area contributed by atoms with Crippen molar-refractivity contribution in [2.24, 2.45) is 0 Å². The van der Waals surface area contributed by atoms with Gasteiger partial charge in [0.15, 0.2) is 6.10 Å². The molecule has 0 aromatic rings. The van der Waals surface area contributed by atoms with E-state index >= 15 is 0 Å². The van der Waals surface area contributed by atoms with Gasteiger partial charge in [-0.15, -0.1) is 0 Å². The van der Waals surface area contributed by atoms with Crippen LogP contribution in [-0.4, -0.2) is 95.9 Å². The third kappa shape index (κ3) is 91.7. The number of carbonyl (C=O) groups is 3. The Balaban J connectivity index is 4.32. The number of ether oxygens (including phenoxy) is 3. The maximum absolute atomic E-state index is 13.0. The summed E-state index contributed by atoms with van der Waals surface area (Å²) in [4.78, 5) is 58.8. The summed E-state index contributed by atoms with van der Waals surface area (Å²) in [5.74, 6) is -1.57. The van der Waals surface area contributed by atoms with E-state index < -0.39 is 91.5 Å². The number of hydrogen-bond acceptors (Lipinski definition) is 14. The highest BCUT2D eigenvalue weighted by Crippen LogP contribution is 2.45. The van der Waals surface area contributed by atoms with Crippen molar-refractivity contribution in [1.82, 2.24) is 0 Å². The van der Waals surface area contributed by atoms with E-state index in [-0.39, 0.29) is 19.3 Å². The van der Waals surface area contributed by atoms with Crippen LogP contribution in [0.4, 0.5) is 0 Å². The molecule has 4 N–H and O–H groups in total. The van der Waals surface area contributed by atoms with Crippen LogP contribution in [-0.2, 0) is 55.8 Å². The number of unbranched alkanes of at least 4 members (excludes halogenated alkanes) is 39. The molecule has 16 nitrogen and oxygen atoms in total. The summed E-state index contributed by atoms with van der Waals surface area (Å²) in [7, 11) is -9.79. The number of allylic oxidation sites excluding steroid dienone is 26. The number of aliphatic hydroxyl groups is 2. The Kier molecular flexibility index (Phi) is 86.7. The highest BCUT2D eigenvalue weighted by Gasteiger charge is 2.29. The summed E-state index contributed by atoms with van der Waals surface area (Å²) in [5.41, 5.74) is 0. The van der Waals surface area contributed by atoms with Gasteiger partial charge in [-0.05, 0) is 141 Å². The van der Waals surface area contributed by atoms with Gasteiger partial charge in [0.2, 0.25) is 0 Å². The number of hydrogen-bond donors (Lipinski definition) is 4. The summed E-state index contributed by atoms with van der Waals surface area (Å²) < 4.78 is 61.3. The van der Waals surface area contributed by atoms with E-state index in [0.717, 1.165) is 154 Å². The molecule has 0 aliphatic carbocycles. The molecule has 672 valence electrons. The molecule has 117 heavy (non-hydrogen) atoms. The molecule has 0 rings (SSSR count). The van der Waals surface area contributed by atoms with Crippen molar-refractivity contribution < 1.29 is 75.8 Å². The Morgan fingerprint density at radius 3 is 0.726 bits per heavy atom. The van der Waals surface area contributed by atoms with Gasteiger partial charge in [-0.25, -0.2) is 9.13 Å². The molecule has 0 aliphatic heterocycles. The van der Waals surface area contributed by atoms with Crippen LogP contribution in [0.15, 0.2) is 158 Å². The molecule has 5 unspecified atom stereocenters. The van der Waals surface area contributed by atoms with Gasteiger partial charge in [-0.3, -0.25) is 32.5 Å². The SMILES string of the molecule is CC/C=C\C/C=C\C/C=C\C/C=C\C/C=C\C/C=C\CCCCCCCCCCCCCCCCCCC(=O)OCC(O)COP(=O)(O)OCC(O)COP(=O)(O)OCC(COC(=O)CCCCCCCCCCCCCCCCCC/C=C\C/C=C\C/C=C\C/C=C\C/C=C\C/C=C\CC)OC(=O)CCCCCCC/C=C\CCCC. The molecular formula is C99H170O16P2. The van der Waals surface area contributed by atoms with E-state index in [1.165, 1.54) is 180 Å². The van der Waals surface area contributed by atoms with Gasteiger partial charge < -0.3 is 34.2 Å². The Hall–Kier alpha value is -4.83. The molecule has 0 aliphatic rings. The number of phosphoric ester groups is 2. The normalized spacial score (nSPS) is 14.5. The molecular weight excluding hydrogens is 1510 g/mol. The molecule has 0 fully saturated rings. The van der Waals surface area contributed by atoms with Crippen LogP contribution in [0.1, 0.15) is 393 Å². The van der Waals surface area contributed by atoms with Crippen LogP contribution in [0.2, 0.25) is 0 Å². The van der Waals surface area contributed by atoms with Gasteiger partial charge in [0.1, 0.15) is 25.4 Å². The maximum atomic E-state index is 13.0. The molecule has 0 amide bonds. The summed E-state index contributed by atoms with van der Waals surface area (Å²) >= 11 is 0. The predicted molar refractivity (Wildman–Crippen MR) is 491 cm³/mol. The first-order chi connectivity index (χ1) is 57.2. The number of rotatable bonds is 88. The highest BCUT2D eigenvalue weighted by molar-refractivity contribution is 7.47. The van der Waals surface area contributed by atoms with Crippen molar-refractivity contribution >= 4 is 33.6 Å². The van der Waals surface area contributed by atoms with Gasteiger partial charge in [-0.2, -0.15) is 0 Å². The molecule has 0 radical (unpaired) electrons. The van der Waals surface area contributed by atoms with Crippen LogP contribution in [0, 0.1) is 0 Å². The van der Waals surface area contributed by atoms with Crippen molar-refractivity contribution in [3.63, 3.8) is 0 Å². The lowest BCUT2D eigenvalue weighted by atomic mass is 10.0.